The number of benzene rings is 1. The van der Waals surface area contributed by atoms with E-state index >= 15 is 0 Å². The highest BCUT2D eigenvalue weighted by molar-refractivity contribution is 7.90. The topological polar surface area (TPSA) is 55.4 Å². The average Bonchev–Trinajstić information content (AvgIpc) is 3.09. The largest absolute Gasteiger partial charge is 0.489 e. The molecule has 4 nitrogen and oxygen atoms in total. The smallest absolute Gasteiger partial charge is 0.175 e. The molecule has 0 amide bonds. The van der Waals surface area contributed by atoms with E-state index in [2.05, 4.69) is 5.32 Å². The van der Waals surface area contributed by atoms with E-state index in [4.69, 9.17) is 4.74 Å². The Balaban J connectivity index is 1.88. The second-order valence-corrected chi connectivity index (χ2v) is 6.87. The fourth-order valence-corrected chi connectivity index (χ4v) is 2.29. The monoisotopic (exact) mass is 269 g/mol. The third-order valence-electron chi connectivity index (χ3n) is 2.86. The van der Waals surface area contributed by atoms with E-state index in [9.17, 15) is 8.42 Å². The van der Waals surface area contributed by atoms with Gasteiger partial charge in [0.1, 0.15) is 11.9 Å². The molecule has 1 fully saturated rings. The first-order chi connectivity index (χ1) is 8.45. The van der Waals surface area contributed by atoms with Gasteiger partial charge < -0.3 is 10.1 Å². The van der Waals surface area contributed by atoms with Crippen molar-refractivity contribution < 1.29 is 13.2 Å². The average molecular weight is 269 g/mol. The molecule has 1 unspecified atom stereocenters. The van der Waals surface area contributed by atoms with Gasteiger partial charge in [-0.2, -0.15) is 0 Å². The molecule has 0 heterocycles. The Hall–Kier alpha value is -1.07. The lowest BCUT2D eigenvalue weighted by molar-refractivity contribution is 0.216. The molecular formula is C13H19NO3S. The van der Waals surface area contributed by atoms with E-state index < -0.39 is 9.84 Å². The molecule has 1 aliphatic rings. The molecule has 1 aromatic rings. The zero-order chi connectivity index (χ0) is 13.2. The standard InChI is InChI=1S/C13H19NO3S/c1-10(9-14-11-3-4-11)17-12-5-7-13(8-6-12)18(2,15)16/h5-8,10-11,14H,3-4,9H2,1-2H3. The van der Waals surface area contributed by atoms with Crippen LogP contribution in [-0.4, -0.2) is 33.4 Å². The molecule has 18 heavy (non-hydrogen) atoms. The molecule has 100 valence electrons. The van der Waals surface area contributed by atoms with Crippen LogP contribution in [0.15, 0.2) is 29.2 Å². The fourth-order valence-electron chi connectivity index (χ4n) is 1.66. The molecule has 0 radical (unpaired) electrons. The van der Waals surface area contributed by atoms with Gasteiger partial charge in [0.05, 0.1) is 4.90 Å². The van der Waals surface area contributed by atoms with E-state index in [0.717, 1.165) is 6.54 Å². The summed E-state index contributed by atoms with van der Waals surface area (Å²) in [6, 6.07) is 7.22. The summed E-state index contributed by atoms with van der Waals surface area (Å²) >= 11 is 0. The molecule has 0 spiro atoms. The molecule has 0 aliphatic heterocycles. The first-order valence-corrected chi connectivity index (χ1v) is 8.04. The van der Waals surface area contributed by atoms with Crippen LogP contribution in [0.2, 0.25) is 0 Å². The Morgan fingerprint density at radius 2 is 1.94 bits per heavy atom. The number of rotatable bonds is 6. The van der Waals surface area contributed by atoms with Crippen LogP contribution in [0.5, 0.6) is 5.75 Å². The lowest BCUT2D eigenvalue weighted by atomic mass is 10.3. The quantitative estimate of drug-likeness (QED) is 0.852. The van der Waals surface area contributed by atoms with Crippen LogP contribution in [0.3, 0.4) is 0 Å². The second kappa shape index (κ2) is 5.28. The van der Waals surface area contributed by atoms with Crippen molar-refractivity contribution in [1.82, 2.24) is 5.32 Å². The van der Waals surface area contributed by atoms with Gasteiger partial charge in [0.2, 0.25) is 0 Å². The highest BCUT2D eigenvalue weighted by atomic mass is 32.2. The van der Waals surface area contributed by atoms with Crippen molar-refractivity contribution in [3.63, 3.8) is 0 Å². The van der Waals surface area contributed by atoms with Gasteiger partial charge in [-0.15, -0.1) is 0 Å². The van der Waals surface area contributed by atoms with Gasteiger partial charge in [0.15, 0.2) is 9.84 Å². The Labute approximate surface area is 108 Å². The predicted octanol–water partition coefficient (Wildman–Crippen LogP) is 1.61. The lowest BCUT2D eigenvalue weighted by Crippen LogP contribution is -2.30. The summed E-state index contributed by atoms with van der Waals surface area (Å²) in [6.45, 7) is 2.82. The Morgan fingerprint density at radius 3 is 2.44 bits per heavy atom. The summed E-state index contributed by atoms with van der Waals surface area (Å²) in [4.78, 5) is 0.318. The van der Waals surface area contributed by atoms with E-state index in [1.54, 1.807) is 24.3 Å². The number of nitrogens with one attached hydrogen (secondary N) is 1. The van der Waals surface area contributed by atoms with Gasteiger partial charge in [-0.3, -0.25) is 0 Å². The van der Waals surface area contributed by atoms with Crippen LogP contribution < -0.4 is 10.1 Å². The van der Waals surface area contributed by atoms with E-state index in [1.807, 2.05) is 6.92 Å². The van der Waals surface area contributed by atoms with Gasteiger partial charge in [-0.1, -0.05) is 0 Å². The number of sulfone groups is 1. The summed E-state index contributed by atoms with van der Waals surface area (Å²) < 4.78 is 28.3. The van der Waals surface area contributed by atoms with E-state index in [1.165, 1.54) is 19.1 Å². The van der Waals surface area contributed by atoms with Gasteiger partial charge in [-0.25, -0.2) is 8.42 Å². The Bertz CT molecular complexity index is 491. The third-order valence-corrected chi connectivity index (χ3v) is 3.99. The molecule has 1 aromatic carbocycles. The SMILES string of the molecule is CC(CNC1CC1)Oc1ccc(S(C)(=O)=O)cc1. The molecule has 1 saturated carbocycles. The van der Waals surface area contributed by atoms with Crippen molar-refractivity contribution in [2.45, 2.75) is 36.8 Å². The van der Waals surface area contributed by atoms with Gasteiger partial charge in [0, 0.05) is 18.8 Å². The van der Waals surface area contributed by atoms with Crippen molar-refractivity contribution in [3.05, 3.63) is 24.3 Å². The highest BCUT2D eigenvalue weighted by Gasteiger charge is 2.21. The van der Waals surface area contributed by atoms with Crippen LogP contribution in [0.4, 0.5) is 0 Å². The molecule has 1 N–H and O–H groups in total. The molecule has 0 aromatic heterocycles. The van der Waals surface area contributed by atoms with Gasteiger partial charge in [0.25, 0.3) is 0 Å². The number of hydrogen-bond donors (Lipinski definition) is 1. The van der Waals surface area contributed by atoms with Crippen molar-refractivity contribution in [2.24, 2.45) is 0 Å². The van der Waals surface area contributed by atoms with Crippen LogP contribution in [0.25, 0.3) is 0 Å². The number of ether oxygens (including phenoxy) is 1. The van der Waals surface area contributed by atoms with E-state index in [-0.39, 0.29) is 6.10 Å². The third kappa shape index (κ3) is 3.99. The van der Waals surface area contributed by atoms with Gasteiger partial charge in [-0.05, 0) is 44.0 Å². The second-order valence-electron chi connectivity index (χ2n) is 4.85. The van der Waals surface area contributed by atoms with Crippen molar-refractivity contribution in [3.8, 4) is 5.75 Å². The number of hydrogen-bond acceptors (Lipinski definition) is 4. The normalized spacial score (nSPS) is 17.4. The van der Waals surface area contributed by atoms with Crippen LogP contribution >= 0.6 is 0 Å². The van der Waals surface area contributed by atoms with Crippen molar-refractivity contribution >= 4 is 9.84 Å². The van der Waals surface area contributed by atoms with Gasteiger partial charge >= 0.3 is 0 Å². The van der Waals surface area contributed by atoms with Crippen molar-refractivity contribution in [1.29, 1.82) is 0 Å². The first kappa shape index (κ1) is 13.4. The highest BCUT2D eigenvalue weighted by Crippen LogP contribution is 2.19. The Kier molecular flexibility index (Phi) is 3.92. The minimum Gasteiger partial charge on any atom is -0.489 e. The molecule has 2 rings (SSSR count). The summed E-state index contributed by atoms with van der Waals surface area (Å²) in [7, 11) is -3.13. The molecule has 0 saturated heterocycles. The van der Waals surface area contributed by atoms with Crippen LogP contribution in [0, 0.1) is 0 Å². The minimum atomic E-state index is -3.13. The summed E-state index contributed by atoms with van der Waals surface area (Å²) in [5.41, 5.74) is 0. The van der Waals surface area contributed by atoms with Crippen LogP contribution in [0.1, 0.15) is 19.8 Å². The van der Waals surface area contributed by atoms with Crippen LogP contribution in [-0.2, 0) is 9.84 Å². The molecule has 0 bridgehead atoms. The molecule has 1 atom stereocenters. The Morgan fingerprint density at radius 1 is 1.33 bits per heavy atom. The molecule has 5 heteroatoms. The van der Waals surface area contributed by atoms with Crippen molar-refractivity contribution in [2.75, 3.05) is 12.8 Å². The zero-order valence-electron chi connectivity index (χ0n) is 10.7. The maximum absolute atomic E-state index is 11.3. The zero-order valence-corrected chi connectivity index (χ0v) is 11.5. The first-order valence-electron chi connectivity index (χ1n) is 6.15. The molecule has 1 aliphatic carbocycles. The summed E-state index contributed by atoms with van der Waals surface area (Å²) in [5.74, 6) is 0.701. The maximum atomic E-state index is 11.3. The van der Waals surface area contributed by atoms with E-state index in [0.29, 0.717) is 16.7 Å². The summed E-state index contributed by atoms with van der Waals surface area (Å²) in [5, 5.41) is 3.39. The minimum absolute atomic E-state index is 0.0784. The lowest BCUT2D eigenvalue weighted by Gasteiger charge is -2.15. The summed E-state index contributed by atoms with van der Waals surface area (Å²) in [6.07, 6.45) is 3.80. The maximum Gasteiger partial charge on any atom is 0.175 e. The fraction of sp³-hybridized carbons (Fsp3) is 0.538. The molecular weight excluding hydrogens is 250 g/mol. The predicted molar refractivity (Wildman–Crippen MR) is 70.7 cm³/mol.